The third-order valence-electron chi connectivity index (χ3n) is 2.12. The molecule has 1 heterocycles. The second-order valence-electron chi connectivity index (χ2n) is 3.26. The minimum Gasteiger partial charge on any atom is -0.425 e. The summed E-state index contributed by atoms with van der Waals surface area (Å²) >= 11 is 0. The summed E-state index contributed by atoms with van der Waals surface area (Å²) in [6, 6.07) is 3.26. The Morgan fingerprint density at radius 1 is 1.29 bits per heavy atom. The Morgan fingerprint density at radius 3 is 2.07 bits per heavy atom. The molecular formula is C10H15ArNO2. The molecule has 1 N–H and O–H groups in total. The molecule has 1 aromatic heterocycles. The van der Waals surface area contributed by atoms with Crippen LogP contribution in [0, 0.1) is 44.7 Å². The van der Waals surface area contributed by atoms with Gasteiger partial charge in [-0.2, -0.15) is 4.73 Å². The number of hydrogen-bond acceptors (Lipinski definition) is 2. The molecule has 0 aromatic carbocycles. The molecule has 1 aliphatic carbocycles. The molecule has 4 heteroatoms. The molecule has 0 radical (unpaired) electrons. The van der Waals surface area contributed by atoms with Crippen molar-refractivity contribution in [3.05, 3.63) is 34.2 Å². The second-order valence-corrected chi connectivity index (χ2v) is 3.26. The average molecular weight is 221 g/mol. The van der Waals surface area contributed by atoms with E-state index in [9.17, 15) is 4.79 Å². The minimum atomic E-state index is -0.363. The monoisotopic (exact) mass is 221 g/mol. The summed E-state index contributed by atoms with van der Waals surface area (Å²) in [7, 11) is 0. The van der Waals surface area contributed by atoms with Gasteiger partial charge in [-0.15, -0.1) is 0 Å². The van der Waals surface area contributed by atoms with E-state index in [0.717, 1.165) is 0 Å². The Hall–Kier alpha value is 0.00974. The van der Waals surface area contributed by atoms with Gasteiger partial charge in [0.25, 0.3) is 5.56 Å². The van der Waals surface area contributed by atoms with Crippen molar-refractivity contribution < 1.29 is 42.9 Å². The van der Waals surface area contributed by atoms with Crippen LogP contribution in [0.1, 0.15) is 31.2 Å². The van der Waals surface area contributed by atoms with Crippen LogP contribution in [0.3, 0.4) is 0 Å². The molecule has 1 saturated carbocycles. The van der Waals surface area contributed by atoms with E-state index in [0.29, 0.717) is 10.3 Å². The van der Waals surface area contributed by atoms with Crippen molar-refractivity contribution in [1.29, 1.82) is 0 Å². The van der Waals surface area contributed by atoms with E-state index in [4.69, 9.17) is 5.21 Å². The summed E-state index contributed by atoms with van der Waals surface area (Å²) < 4.78 is 0.565. The summed E-state index contributed by atoms with van der Waals surface area (Å²) in [4.78, 5) is 10.7. The minimum absolute atomic E-state index is 0. The third kappa shape index (κ3) is 4.49. The Bertz CT molecular complexity index is 291. The van der Waals surface area contributed by atoms with Gasteiger partial charge in [0.15, 0.2) is 0 Å². The van der Waals surface area contributed by atoms with E-state index in [2.05, 4.69) is 0 Å². The topological polar surface area (TPSA) is 42.2 Å². The Kier molecular flexibility index (Phi) is 7.33. The molecule has 0 atom stereocenters. The molecule has 1 aliphatic rings. The number of aromatic nitrogens is 1. The van der Waals surface area contributed by atoms with Crippen LogP contribution in [-0.2, 0) is 0 Å². The van der Waals surface area contributed by atoms with E-state index in [1.54, 1.807) is 19.1 Å². The number of hydrogen-bond donors (Lipinski definition) is 1. The quantitative estimate of drug-likeness (QED) is 0.680. The van der Waals surface area contributed by atoms with Gasteiger partial charge in [-0.3, -0.25) is 4.79 Å². The first-order valence-corrected chi connectivity index (χ1v) is 4.59. The van der Waals surface area contributed by atoms with Gasteiger partial charge in [0.1, 0.15) is 0 Å². The van der Waals surface area contributed by atoms with Crippen LogP contribution in [-0.4, -0.2) is 9.94 Å². The molecule has 1 aromatic rings. The summed E-state index contributed by atoms with van der Waals surface area (Å²) in [6.45, 7) is 1.65. The summed E-state index contributed by atoms with van der Waals surface area (Å²) in [6.07, 6.45) is 7.30. The van der Waals surface area contributed by atoms with Crippen molar-refractivity contribution in [1.82, 2.24) is 4.73 Å². The number of pyridine rings is 1. The van der Waals surface area contributed by atoms with Crippen LogP contribution >= 0.6 is 0 Å². The van der Waals surface area contributed by atoms with Gasteiger partial charge in [-0.25, -0.2) is 0 Å². The molecular weight excluding hydrogens is 206 g/mol. The SMILES string of the molecule is C1CCC1.Cc1cccn(O)c1=O.[Ar]. The molecule has 0 saturated heterocycles. The molecule has 80 valence electrons. The van der Waals surface area contributed by atoms with Gasteiger partial charge in [-0.05, 0) is 13.0 Å². The average Bonchev–Trinajstić information content (AvgIpc) is 1.97. The van der Waals surface area contributed by atoms with E-state index in [1.807, 2.05) is 0 Å². The largest absolute Gasteiger partial charge is 0.425 e. The van der Waals surface area contributed by atoms with Gasteiger partial charge in [0, 0.05) is 49.5 Å². The van der Waals surface area contributed by atoms with Crippen molar-refractivity contribution in [2.24, 2.45) is 0 Å². The summed E-state index contributed by atoms with van der Waals surface area (Å²) in [5.41, 5.74) is 0.178. The smallest absolute Gasteiger partial charge is 0.285 e. The molecule has 0 bridgehead atoms. The maximum atomic E-state index is 10.7. The van der Waals surface area contributed by atoms with Crippen LogP contribution in [0.4, 0.5) is 0 Å². The van der Waals surface area contributed by atoms with Gasteiger partial charge >= 0.3 is 0 Å². The Morgan fingerprint density at radius 2 is 1.79 bits per heavy atom. The Labute approximate surface area is 114 Å². The normalized spacial score (nSPS) is 12.9. The van der Waals surface area contributed by atoms with Crippen LogP contribution in [0.25, 0.3) is 0 Å². The van der Waals surface area contributed by atoms with Crippen LogP contribution in [0.15, 0.2) is 23.1 Å². The first-order chi connectivity index (χ1) is 6.22. The molecule has 2 rings (SSSR count). The van der Waals surface area contributed by atoms with Crippen molar-refractivity contribution in [3.63, 3.8) is 0 Å². The maximum absolute atomic E-state index is 10.7. The van der Waals surface area contributed by atoms with Gasteiger partial charge in [0.2, 0.25) is 0 Å². The first-order valence-electron chi connectivity index (χ1n) is 4.59. The standard InChI is InChI=1S/C6H7NO2.C4H8.Ar/c1-5-3-2-4-7(9)6(5)8;1-2-4-3-1;/h2-4,9H,1H3;1-4H2;. The number of rotatable bonds is 0. The maximum Gasteiger partial charge on any atom is 0.285 e. The third-order valence-corrected chi connectivity index (χ3v) is 2.12. The summed E-state index contributed by atoms with van der Waals surface area (Å²) in [5, 5.41) is 8.70. The van der Waals surface area contributed by atoms with E-state index in [1.165, 1.54) is 31.9 Å². The summed E-state index contributed by atoms with van der Waals surface area (Å²) in [5.74, 6) is 0. The predicted molar refractivity (Wildman–Crippen MR) is 51.1 cm³/mol. The van der Waals surface area contributed by atoms with Crippen LogP contribution in [0.5, 0.6) is 0 Å². The molecule has 0 amide bonds. The van der Waals surface area contributed by atoms with Gasteiger partial charge in [0.05, 0.1) is 0 Å². The molecule has 1 fully saturated rings. The van der Waals surface area contributed by atoms with E-state index in [-0.39, 0.29) is 43.3 Å². The van der Waals surface area contributed by atoms with Crippen LogP contribution in [0.2, 0.25) is 0 Å². The molecule has 0 unspecified atom stereocenters. The fourth-order valence-electron chi connectivity index (χ4n) is 0.839. The number of nitrogens with zero attached hydrogens (tertiary/aromatic N) is 1. The zero-order valence-electron chi connectivity index (χ0n) is 8.22. The number of aryl methyl sites for hydroxylation is 1. The van der Waals surface area contributed by atoms with Crippen molar-refractivity contribution in [3.8, 4) is 0 Å². The molecule has 3 nitrogen and oxygen atoms in total. The van der Waals surface area contributed by atoms with Crippen molar-refractivity contribution >= 4 is 0 Å². The zero-order valence-corrected chi connectivity index (χ0v) is 8.92. The van der Waals surface area contributed by atoms with Gasteiger partial charge in [-0.1, -0.05) is 31.7 Å². The van der Waals surface area contributed by atoms with Gasteiger partial charge < -0.3 is 5.21 Å². The van der Waals surface area contributed by atoms with E-state index < -0.39 is 0 Å². The Balaban J connectivity index is 0.000000286. The van der Waals surface area contributed by atoms with E-state index >= 15 is 0 Å². The fourth-order valence-corrected chi connectivity index (χ4v) is 0.839. The fraction of sp³-hybridized carbons (Fsp3) is 0.500. The second kappa shape index (κ2) is 7.32. The van der Waals surface area contributed by atoms with Crippen molar-refractivity contribution in [2.75, 3.05) is 0 Å². The predicted octanol–water partition coefficient (Wildman–Crippen LogP) is 1.95. The molecule has 0 aliphatic heterocycles. The molecule has 0 spiro atoms. The molecule has 14 heavy (non-hydrogen) atoms. The zero-order chi connectivity index (χ0) is 9.68. The van der Waals surface area contributed by atoms with Crippen LogP contribution < -0.4 is 5.56 Å². The van der Waals surface area contributed by atoms with Crippen molar-refractivity contribution in [2.45, 2.75) is 32.6 Å². The first kappa shape index (κ1) is 14.0.